The molecule has 1 aliphatic carbocycles. The maximum absolute atomic E-state index is 13.8. The van der Waals surface area contributed by atoms with Gasteiger partial charge in [0.15, 0.2) is 0 Å². The van der Waals surface area contributed by atoms with E-state index in [1.54, 1.807) is 6.92 Å². The van der Waals surface area contributed by atoms with Crippen molar-refractivity contribution >= 4 is 34.9 Å². The molecule has 0 aromatic heterocycles. The fraction of sp³-hybridized carbons (Fsp3) is 0.462. The molecular formula is C13H13ClF4N2S. The van der Waals surface area contributed by atoms with Gasteiger partial charge in [0.1, 0.15) is 22.2 Å². The average Bonchev–Trinajstić information content (AvgIpc) is 3.09. The van der Waals surface area contributed by atoms with Crippen molar-refractivity contribution in [2.75, 3.05) is 5.75 Å². The van der Waals surface area contributed by atoms with Crippen molar-refractivity contribution in [2.24, 2.45) is 10.7 Å². The Morgan fingerprint density at radius 2 is 2.05 bits per heavy atom. The third-order valence-corrected chi connectivity index (χ3v) is 4.82. The van der Waals surface area contributed by atoms with Gasteiger partial charge in [0.05, 0.1) is 5.75 Å². The fourth-order valence-electron chi connectivity index (χ4n) is 1.64. The molecule has 1 fully saturated rings. The van der Waals surface area contributed by atoms with Crippen LogP contribution in [0.25, 0.3) is 0 Å². The van der Waals surface area contributed by atoms with E-state index in [0.717, 1.165) is 6.07 Å². The Bertz CT molecular complexity index is 582. The number of benzene rings is 1. The van der Waals surface area contributed by atoms with Crippen molar-refractivity contribution in [3.05, 3.63) is 23.5 Å². The molecule has 2 rings (SSSR count). The monoisotopic (exact) mass is 340 g/mol. The van der Waals surface area contributed by atoms with E-state index >= 15 is 0 Å². The summed E-state index contributed by atoms with van der Waals surface area (Å²) in [6, 6.07) is 2.43. The van der Waals surface area contributed by atoms with Gasteiger partial charge in [-0.25, -0.2) is 9.38 Å². The van der Waals surface area contributed by atoms with E-state index in [9.17, 15) is 17.6 Å². The van der Waals surface area contributed by atoms with Crippen molar-refractivity contribution in [3.63, 3.8) is 0 Å². The summed E-state index contributed by atoms with van der Waals surface area (Å²) in [5, 5.41) is 0. The number of aliphatic imine (C=N–C) groups is 1. The number of thioether (sulfide) groups is 1. The van der Waals surface area contributed by atoms with Gasteiger partial charge in [0.25, 0.3) is 0 Å². The molecule has 0 heterocycles. The first-order chi connectivity index (χ1) is 9.61. The number of alkyl halides is 4. The van der Waals surface area contributed by atoms with Gasteiger partial charge in [-0.15, -0.1) is 23.4 Å². The second-order valence-electron chi connectivity index (χ2n) is 4.94. The molecule has 0 bridgehead atoms. The van der Waals surface area contributed by atoms with E-state index in [4.69, 9.17) is 17.3 Å². The number of rotatable bonds is 4. The summed E-state index contributed by atoms with van der Waals surface area (Å²) in [5.74, 6) is -1.58. The normalized spacial score (nSPS) is 17.9. The Labute approximate surface area is 128 Å². The van der Waals surface area contributed by atoms with E-state index in [0.29, 0.717) is 35.1 Å². The first-order valence-electron chi connectivity index (χ1n) is 6.14. The number of amidine groups is 1. The lowest BCUT2D eigenvalue weighted by molar-refractivity contribution is -0.105. The molecular weight excluding hydrogens is 328 g/mol. The van der Waals surface area contributed by atoms with Crippen molar-refractivity contribution in [1.82, 2.24) is 0 Å². The Morgan fingerprint density at radius 3 is 2.57 bits per heavy atom. The summed E-state index contributed by atoms with van der Waals surface area (Å²) in [5.41, 5.74) is 6.04. The largest absolute Gasteiger partial charge is 0.398 e. The number of hydrogen-bond acceptors (Lipinski definition) is 2. The highest BCUT2D eigenvalue weighted by molar-refractivity contribution is 7.99. The maximum atomic E-state index is 13.8. The van der Waals surface area contributed by atoms with Gasteiger partial charge >= 0.3 is 6.18 Å². The molecule has 2 N–H and O–H groups in total. The van der Waals surface area contributed by atoms with E-state index in [-0.39, 0.29) is 11.5 Å². The number of hydrogen-bond donors (Lipinski definition) is 1. The van der Waals surface area contributed by atoms with Gasteiger partial charge in [-0.05, 0) is 37.5 Å². The lowest BCUT2D eigenvalue weighted by atomic mass is 10.2. The van der Waals surface area contributed by atoms with Gasteiger partial charge in [-0.3, -0.25) is 0 Å². The molecule has 0 amide bonds. The number of aryl methyl sites for hydroxylation is 1. The summed E-state index contributed by atoms with van der Waals surface area (Å²) in [6.07, 6.45) is -2.97. The van der Waals surface area contributed by atoms with Crippen LogP contribution < -0.4 is 5.73 Å². The van der Waals surface area contributed by atoms with Crippen LogP contribution in [0.3, 0.4) is 0 Å². The fourth-order valence-corrected chi connectivity index (χ4v) is 2.58. The number of nitrogens with two attached hydrogens (primary N) is 1. The molecule has 0 unspecified atom stereocenters. The average molecular weight is 341 g/mol. The molecule has 0 spiro atoms. The quantitative estimate of drug-likeness (QED) is 0.287. The third-order valence-electron chi connectivity index (χ3n) is 3.02. The highest BCUT2D eigenvalue weighted by Gasteiger charge is 2.44. The van der Waals surface area contributed by atoms with Crippen LogP contribution in [0.5, 0.6) is 0 Å². The maximum Gasteiger partial charge on any atom is 0.398 e. The van der Waals surface area contributed by atoms with E-state index in [2.05, 4.69) is 4.99 Å². The van der Waals surface area contributed by atoms with Crippen molar-refractivity contribution in [1.29, 1.82) is 0 Å². The van der Waals surface area contributed by atoms with E-state index in [1.165, 1.54) is 6.07 Å². The molecule has 8 heteroatoms. The minimum Gasteiger partial charge on any atom is -0.386 e. The highest BCUT2D eigenvalue weighted by Crippen LogP contribution is 2.43. The summed E-state index contributed by atoms with van der Waals surface area (Å²) in [4.78, 5) is 3.53. The van der Waals surface area contributed by atoms with Gasteiger partial charge in [0, 0.05) is 4.90 Å². The van der Waals surface area contributed by atoms with Crippen molar-refractivity contribution in [3.8, 4) is 0 Å². The van der Waals surface area contributed by atoms with Crippen LogP contribution in [0.1, 0.15) is 18.4 Å². The van der Waals surface area contributed by atoms with Crippen LogP contribution in [0.2, 0.25) is 0 Å². The summed E-state index contributed by atoms with van der Waals surface area (Å²) in [6.45, 7) is 1.54. The topological polar surface area (TPSA) is 38.4 Å². The zero-order valence-electron chi connectivity index (χ0n) is 11.1. The molecule has 2 nitrogen and oxygen atoms in total. The van der Waals surface area contributed by atoms with E-state index < -0.39 is 22.6 Å². The molecule has 1 aliphatic rings. The predicted octanol–water partition coefficient (Wildman–Crippen LogP) is 4.55. The Morgan fingerprint density at radius 1 is 1.43 bits per heavy atom. The smallest absolute Gasteiger partial charge is 0.386 e. The second kappa shape index (κ2) is 5.68. The molecule has 1 aromatic carbocycles. The Balaban J connectivity index is 2.26. The molecule has 0 radical (unpaired) electrons. The lowest BCUT2D eigenvalue weighted by Crippen LogP contribution is -2.25. The summed E-state index contributed by atoms with van der Waals surface area (Å²) in [7, 11) is 0. The van der Waals surface area contributed by atoms with Crippen LogP contribution in [0.15, 0.2) is 22.0 Å². The highest BCUT2D eigenvalue weighted by atomic mass is 35.5. The van der Waals surface area contributed by atoms with Crippen LogP contribution in [0.4, 0.5) is 23.2 Å². The van der Waals surface area contributed by atoms with Crippen molar-refractivity contribution < 1.29 is 17.6 Å². The second-order valence-corrected chi connectivity index (χ2v) is 6.68. The first-order valence-corrected chi connectivity index (χ1v) is 7.50. The van der Waals surface area contributed by atoms with Gasteiger partial charge in [-0.2, -0.15) is 13.2 Å². The molecule has 0 aliphatic heterocycles. The zero-order valence-corrected chi connectivity index (χ0v) is 12.7. The predicted molar refractivity (Wildman–Crippen MR) is 77.0 cm³/mol. The van der Waals surface area contributed by atoms with Crippen LogP contribution in [-0.4, -0.2) is 22.6 Å². The molecule has 116 valence electrons. The molecule has 1 aromatic rings. The molecule has 21 heavy (non-hydrogen) atoms. The SMILES string of the molecule is Cc1cc(F)c(N=C(N)C2(Cl)CC2)cc1SCC(F)(F)F. The zero-order chi connectivity index (χ0) is 15.8. The molecule has 1 saturated carbocycles. The molecule has 0 atom stereocenters. The van der Waals surface area contributed by atoms with Gasteiger partial charge in [0.2, 0.25) is 0 Å². The number of nitrogens with zero attached hydrogens (tertiary/aromatic N) is 1. The summed E-state index contributed by atoms with van der Waals surface area (Å²) < 4.78 is 50.6. The van der Waals surface area contributed by atoms with Crippen molar-refractivity contribution in [2.45, 2.75) is 35.7 Å². The minimum atomic E-state index is -4.29. The van der Waals surface area contributed by atoms with Crippen LogP contribution >= 0.6 is 23.4 Å². The van der Waals surface area contributed by atoms with Crippen LogP contribution in [0, 0.1) is 12.7 Å². The minimum absolute atomic E-state index is 0.0882. The van der Waals surface area contributed by atoms with Gasteiger partial charge < -0.3 is 5.73 Å². The van der Waals surface area contributed by atoms with E-state index in [1.807, 2.05) is 0 Å². The molecule has 0 saturated heterocycles. The Hall–Kier alpha value is -0.950. The Kier molecular flexibility index (Phi) is 4.44. The standard InChI is InChI=1S/C13H13ClF4N2S/c1-7-4-8(15)9(20-11(19)12(14)2-3-12)5-10(7)21-6-13(16,17)18/h4-5H,2-3,6H2,1H3,(H2,19,20). The first kappa shape index (κ1) is 16.4. The summed E-state index contributed by atoms with van der Waals surface area (Å²) >= 11 is 6.65. The lowest BCUT2D eigenvalue weighted by Gasteiger charge is -2.11. The third kappa shape index (κ3) is 4.26. The van der Waals surface area contributed by atoms with Gasteiger partial charge in [-0.1, -0.05) is 0 Å². The number of halogens is 5. The van der Waals surface area contributed by atoms with Crippen LogP contribution in [-0.2, 0) is 0 Å².